The van der Waals surface area contributed by atoms with E-state index < -0.39 is 10.0 Å². The summed E-state index contributed by atoms with van der Waals surface area (Å²) >= 11 is 6.07. The molecule has 0 bridgehead atoms. The molecule has 0 radical (unpaired) electrons. The maximum atomic E-state index is 12.6. The first-order chi connectivity index (χ1) is 9.98. The lowest BCUT2D eigenvalue weighted by Crippen LogP contribution is -2.40. The van der Waals surface area contributed by atoms with Crippen LogP contribution in [0, 0.1) is 0 Å². The Morgan fingerprint density at radius 3 is 2.67 bits per heavy atom. The monoisotopic (exact) mass is 333 g/mol. The average Bonchev–Trinajstić information content (AvgIpc) is 2.49. The zero-order valence-corrected chi connectivity index (χ0v) is 13.7. The molecule has 0 aliphatic carbocycles. The van der Waals surface area contributed by atoms with Crippen LogP contribution in [-0.2, 0) is 14.8 Å². The number of rotatable bonds is 5. The molecule has 0 aromatic carbocycles. The van der Waals surface area contributed by atoms with Gasteiger partial charge < -0.3 is 10.1 Å². The third-order valence-corrected chi connectivity index (χ3v) is 5.68. The van der Waals surface area contributed by atoms with E-state index in [2.05, 4.69) is 10.3 Å². The van der Waals surface area contributed by atoms with Crippen LogP contribution in [-0.4, -0.2) is 50.6 Å². The summed E-state index contributed by atoms with van der Waals surface area (Å²) < 4.78 is 31.9. The number of pyridine rings is 1. The molecule has 0 unspecified atom stereocenters. The highest BCUT2D eigenvalue weighted by Crippen LogP contribution is 2.26. The van der Waals surface area contributed by atoms with Crippen LogP contribution in [0.25, 0.3) is 0 Å². The quantitative estimate of drug-likeness (QED) is 0.892. The molecule has 1 aliphatic heterocycles. The van der Waals surface area contributed by atoms with Crippen molar-refractivity contribution in [3.8, 4) is 0 Å². The number of nitrogens with zero attached hydrogens (tertiary/aromatic N) is 2. The number of piperidine rings is 1. The summed E-state index contributed by atoms with van der Waals surface area (Å²) in [6.07, 6.45) is 2.88. The van der Waals surface area contributed by atoms with Gasteiger partial charge in [-0.1, -0.05) is 11.6 Å². The Morgan fingerprint density at radius 2 is 2.14 bits per heavy atom. The summed E-state index contributed by atoms with van der Waals surface area (Å²) in [6, 6.07) is 1.45. The Labute approximate surface area is 130 Å². The molecule has 0 spiro atoms. The summed E-state index contributed by atoms with van der Waals surface area (Å²) in [7, 11) is -1.89. The number of hydrogen-bond donors (Lipinski definition) is 1. The topological polar surface area (TPSA) is 71.5 Å². The van der Waals surface area contributed by atoms with Gasteiger partial charge in [-0.3, -0.25) is 0 Å². The number of anilines is 1. The van der Waals surface area contributed by atoms with Gasteiger partial charge in [0.1, 0.15) is 10.7 Å². The zero-order valence-electron chi connectivity index (χ0n) is 12.2. The molecule has 118 valence electrons. The van der Waals surface area contributed by atoms with E-state index in [0.717, 1.165) is 0 Å². The summed E-state index contributed by atoms with van der Waals surface area (Å²) in [6.45, 7) is 3.49. The lowest BCUT2D eigenvalue weighted by Gasteiger charge is -2.30. The van der Waals surface area contributed by atoms with Crippen molar-refractivity contribution in [2.75, 3.05) is 32.1 Å². The van der Waals surface area contributed by atoms with E-state index in [4.69, 9.17) is 16.3 Å². The molecule has 1 aliphatic rings. The molecule has 6 nitrogen and oxygen atoms in total. The van der Waals surface area contributed by atoms with Crippen molar-refractivity contribution in [2.45, 2.75) is 30.8 Å². The largest absolute Gasteiger partial charge is 0.381 e. The normalized spacial score (nSPS) is 17.9. The van der Waals surface area contributed by atoms with Crippen molar-refractivity contribution in [3.05, 3.63) is 17.3 Å². The second-order valence-corrected chi connectivity index (χ2v) is 7.22. The van der Waals surface area contributed by atoms with Gasteiger partial charge >= 0.3 is 0 Å². The lowest BCUT2D eigenvalue weighted by atomic mass is 10.1. The van der Waals surface area contributed by atoms with Crippen LogP contribution >= 0.6 is 11.6 Å². The van der Waals surface area contributed by atoms with Crippen molar-refractivity contribution >= 4 is 27.4 Å². The first-order valence-electron chi connectivity index (χ1n) is 6.91. The molecule has 8 heteroatoms. The summed E-state index contributed by atoms with van der Waals surface area (Å²) in [5.41, 5.74) is 0. The van der Waals surface area contributed by atoms with Crippen LogP contribution in [0.4, 0.5) is 5.82 Å². The Kier molecular flexibility index (Phi) is 5.43. The highest BCUT2D eigenvalue weighted by Gasteiger charge is 2.30. The molecule has 0 amide bonds. The van der Waals surface area contributed by atoms with Gasteiger partial charge in [-0.15, -0.1) is 0 Å². The molecule has 1 aromatic rings. The molecule has 1 fully saturated rings. The van der Waals surface area contributed by atoms with E-state index in [1.165, 1.54) is 16.6 Å². The number of hydrogen-bond acceptors (Lipinski definition) is 5. The minimum absolute atomic E-state index is 0.130. The number of ether oxygens (including phenoxy) is 1. The van der Waals surface area contributed by atoms with Crippen LogP contribution < -0.4 is 5.32 Å². The van der Waals surface area contributed by atoms with E-state index in [0.29, 0.717) is 43.3 Å². The fraction of sp³-hybridized carbons (Fsp3) is 0.615. The molecule has 0 atom stereocenters. The molecule has 2 heterocycles. The number of halogens is 1. The summed E-state index contributed by atoms with van der Waals surface area (Å²) in [5.74, 6) is 0.496. The Morgan fingerprint density at radius 1 is 1.48 bits per heavy atom. The predicted octanol–water partition coefficient (Wildman–Crippen LogP) is 1.97. The third kappa shape index (κ3) is 3.66. The lowest BCUT2D eigenvalue weighted by molar-refractivity contribution is 0.0604. The van der Waals surface area contributed by atoms with Crippen molar-refractivity contribution in [3.63, 3.8) is 0 Å². The molecule has 1 aromatic heterocycles. The molecule has 21 heavy (non-hydrogen) atoms. The van der Waals surface area contributed by atoms with Crippen molar-refractivity contribution in [2.24, 2.45) is 0 Å². The van der Waals surface area contributed by atoms with Crippen molar-refractivity contribution < 1.29 is 13.2 Å². The molecular formula is C13H20ClN3O3S. The summed E-state index contributed by atoms with van der Waals surface area (Å²) in [5, 5.41) is 3.29. The van der Waals surface area contributed by atoms with Gasteiger partial charge in [0.05, 0.1) is 11.1 Å². The van der Waals surface area contributed by atoms with Gasteiger partial charge in [-0.2, -0.15) is 4.31 Å². The molecule has 1 saturated heterocycles. The molecular weight excluding hydrogens is 314 g/mol. The fourth-order valence-electron chi connectivity index (χ4n) is 2.32. The average molecular weight is 334 g/mol. The van der Waals surface area contributed by atoms with Gasteiger partial charge in [-0.25, -0.2) is 13.4 Å². The van der Waals surface area contributed by atoms with Crippen molar-refractivity contribution in [1.82, 2.24) is 9.29 Å². The van der Waals surface area contributed by atoms with Gasteiger partial charge in [0, 0.05) is 32.9 Å². The van der Waals surface area contributed by atoms with Crippen LogP contribution in [0.2, 0.25) is 5.02 Å². The number of aromatic nitrogens is 1. The van der Waals surface area contributed by atoms with Crippen LogP contribution in [0.3, 0.4) is 0 Å². The highest BCUT2D eigenvalue weighted by molar-refractivity contribution is 7.89. The second-order valence-electron chi connectivity index (χ2n) is 4.87. The van der Waals surface area contributed by atoms with Crippen LogP contribution in [0.5, 0.6) is 0 Å². The standard InChI is InChI=1S/C13H20ClN3O3S/c1-3-15-13-12(14)8-11(9-16-13)21(18,19)17-6-4-10(20-2)5-7-17/h8-10H,3-7H2,1-2H3,(H,15,16). The van der Waals surface area contributed by atoms with Gasteiger partial charge in [0.15, 0.2) is 0 Å². The molecule has 2 rings (SSSR count). The molecule has 1 N–H and O–H groups in total. The van der Waals surface area contributed by atoms with Gasteiger partial charge in [0.25, 0.3) is 0 Å². The first kappa shape index (κ1) is 16.5. The van der Waals surface area contributed by atoms with Gasteiger partial charge in [-0.05, 0) is 25.8 Å². The van der Waals surface area contributed by atoms with Crippen LogP contribution in [0.1, 0.15) is 19.8 Å². The Bertz CT molecular complexity index is 586. The maximum absolute atomic E-state index is 12.6. The van der Waals surface area contributed by atoms with E-state index in [-0.39, 0.29) is 11.0 Å². The Hall–Kier alpha value is -0.890. The van der Waals surface area contributed by atoms with E-state index >= 15 is 0 Å². The summed E-state index contributed by atoms with van der Waals surface area (Å²) in [4.78, 5) is 4.22. The minimum Gasteiger partial charge on any atom is -0.381 e. The third-order valence-electron chi connectivity index (χ3n) is 3.53. The van der Waals surface area contributed by atoms with E-state index in [9.17, 15) is 8.42 Å². The van der Waals surface area contributed by atoms with Crippen LogP contribution in [0.15, 0.2) is 17.2 Å². The van der Waals surface area contributed by atoms with E-state index in [1.54, 1.807) is 7.11 Å². The van der Waals surface area contributed by atoms with Gasteiger partial charge in [0.2, 0.25) is 10.0 Å². The highest BCUT2D eigenvalue weighted by atomic mass is 35.5. The maximum Gasteiger partial charge on any atom is 0.244 e. The first-order valence-corrected chi connectivity index (χ1v) is 8.73. The number of nitrogens with one attached hydrogen (secondary N) is 1. The second kappa shape index (κ2) is 6.91. The zero-order chi connectivity index (χ0) is 15.5. The predicted molar refractivity (Wildman–Crippen MR) is 82.2 cm³/mol. The molecule has 0 saturated carbocycles. The smallest absolute Gasteiger partial charge is 0.244 e. The Balaban J connectivity index is 2.18. The fourth-order valence-corrected chi connectivity index (χ4v) is 4.06. The number of methoxy groups -OCH3 is 1. The van der Waals surface area contributed by atoms with Crippen molar-refractivity contribution in [1.29, 1.82) is 0 Å². The minimum atomic E-state index is -3.54. The number of sulfonamides is 1. The van der Waals surface area contributed by atoms with E-state index in [1.807, 2.05) is 6.92 Å². The SMILES string of the molecule is CCNc1ncc(S(=O)(=O)N2CCC(OC)CC2)cc1Cl.